The topological polar surface area (TPSA) is 75.6 Å². The van der Waals surface area contributed by atoms with Crippen molar-refractivity contribution in [3.05, 3.63) is 35.4 Å². The third kappa shape index (κ3) is 5.36. The summed E-state index contributed by atoms with van der Waals surface area (Å²) in [6.45, 7) is 4.51. The van der Waals surface area contributed by atoms with Crippen LogP contribution in [0.5, 0.6) is 0 Å². The summed E-state index contributed by atoms with van der Waals surface area (Å²) in [6, 6.07) is 7.48. The fourth-order valence-corrected chi connectivity index (χ4v) is 2.77. The number of carbonyl (C=O) groups is 2. The average molecular weight is 319 g/mol. The first-order chi connectivity index (χ1) is 11.0. The van der Waals surface area contributed by atoms with Crippen LogP contribution in [0.2, 0.25) is 0 Å². The van der Waals surface area contributed by atoms with Crippen LogP contribution >= 0.6 is 0 Å². The molecule has 0 aliphatic heterocycles. The zero-order valence-corrected chi connectivity index (χ0v) is 13.7. The van der Waals surface area contributed by atoms with Crippen LogP contribution in [-0.4, -0.2) is 29.1 Å². The van der Waals surface area contributed by atoms with Gasteiger partial charge in [-0.1, -0.05) is 12.1 Å². The van der Waals surface area contributed by atoms with Gasteiger partial charge in [0.2, 0.25) is 0 Å². The van der Waals surface area contributed by atoms with Gasteiger partial charge in [-0.05, 0) is 57.2 Å². The van der Waals surface area contributed by atoms with Crippen LogP contribution in [0.4, 0.5) is 0 Å². The van der Waals surface area contributed by atoms with Crippen LogP contribution in [0.25, 0.3) is 0 Å². The van der Waals surface area contributed by atoms with E-state index < -0.39 is 5.97 Å². The number of hydrogen-bond acceptors (Lipinski definition) is 3. The van der Waals surface area contributed by atoms with Crippen molar-refractivity contribution in [1.29, 1.82) is 0 Å². The van der Waals surface area contributed by atoms with Gasteiger partial charge in [0.05, 0.1) is 18.6 Å². The predicted octanol–water partition coefficient (Wildman–Crippen LogP) is 2.98. The Labute approximate surface area is 137 Å². The molecule has 1 aromatic carbocycles. The standard InChI is InChI=1S/C18H25NO4/c1-12(2)23-11-13-3-5-14(6-4-13)17(20)19-16-9-7-15(8-10-16)18(21)22/h3-6,12,15-16H,7-11H2,1-2H3,(H,19,20)(H,21,22). The van der Waals surface area contributed by atoms with Gasteiger partial charge in [0.25, 0.3) is 5.91 Å². The van der Waals surface area contributed by atoms with E-state index in [9.17, 15) is 9.59 Å². The number of amides is 1. The number of carbonyl (C=O) groups excluding carboxylic acids is 1. The third-order valence-corrected chi connectivity index (χ3v) is 4.21. The molecule has 1 amide bonds. The van der Waals surface area contributed by atoms with E-state index >= 15 is 0 Å². The maximum Gasteiger partial charge on any atom is 0.306 e. The van der Waals surface area contributed by atoms with Crippen molar-refractivity contribution in [1.82, 2.24) is 5.32 Å². The highest BCUT2D eigenvalue weighted by Crippen LogP contribution is 2.24. The molecule has 126 valence electrons. The largest absolute Gasteiger partial charge is 0.481 e. The zero-order valence-electron chi connectivity index (χ0n) is 13.7. The average Bonchev–Trinajstić information content (AvgIpc) is 2.54. The quantitative estimate of drug-likeness (QED) is 0.845. The molecule has 0 spiro atoms. The Balaban J connectivity index is 1.83. The molecule has 0 heterocycles. The van der Waals surface area contributed by atoms with Gasteiger partial charge in [-0.2, -0.15) is 0 Å². The molecular formula is C18H25NO4. The molecule has 0 aromatic heterocycles. The summed E-state index contributed by atoms with van der Waals surface area (Å²) in [5.41, 5.74) is 1.66. The minimum absolute atomic E-state index is 0.0713. The van der Waals surface area contributed by atoms with Gasteiger partial charge >= 0.3 is 5.97 Å². The lowest BCUT2D eigenvalue weighted by atomic mass is 9.86. The normalized spacial score (nSPS) is 21.2. The Kier molecular flexibility index (Phi) is 6.16. The summed E-state index contributed by atoms with van der Waals surface area (Å²) >= 11 is 0. The number of hydrogen-bond donors (Lipinski definition) is 2. The van der Waals surface area contributed by atoms with Crippen molar-refractivity contribution < 1.29 is 19.4 Å². The molecule has 5 nitrogen and oxygen atoms in total. The fraction of sp³-hybridized carbons (Fsp3) is 0.556. The van der Waals surface area contributed by atoms with E-state index in [2.05, 4.69) is 5.32 Å². The molecule has 1 fully saturated rings. The molecular weight excluding hydrogens is 294 g/mol. The molecule has 0 atom stereocenters. The highest BCUT2D eigenvalue weighted by molar-refractivity contribution is 5.94. The molecule has 23 heavy (non-hydrogen) atoms. The molecule has 0 saturated heterocycles. The van der Waals surface area contributed by atoms with E-state index in [4.69, 9.17) is 9.84 Å². The molecule has 0 bridgehead atoms. The summed E-state index contributed by atoms with van der Waals surface area (Å²) in [5.74, 6) is -1.09. The van der Waals surface area contributed by atoms with Crippen molar-refractivity contribution in [3.8, 4) is 0 Å². The summed E-state index contributed by atoms with van der Waals surface area (Å²) in [4.78, 5) is 23.2. The van der Waals surface area contributed by atoms with E-state index in [1.54, 1.807) is 12.1 Å². The second-order valence-corrected chi connectivity index (χ2v) is 6.42. The Bertz CT molecular complexity index is 530. The highest BCUT2D eigenvalue weighted by Gasteiger charge is 2.26. The molecule has 2 rings (SSSR count). The van der Waals surface area contributed by atoms with E-state index in [-0.39, 0.29) is 24.0 Å². The minimum atomic E-state index is -0.728. The Morgan fingerprint density at radius 2 is 1.78 bits per heavy atom. The number of benzene rings is 1. The lowest BCUT2D eigenvalue weighted by Gasteiger charge is -2.26. The summed E-state index contributed by atoms with van der Waals surface area (Å²) < 4.78 is 5.53. The first-order valence-electron chi connectivity index (χ1n) is 8.20. The van der Waals surface area contributed by atoms with Gasteiger partial charge in [0.15, 0.2) is 0 Å². The van der Waals surface area contributed by atoms with Crippen molar-refractivity contribution in [2.45, 2.75) is 58.3 Å². The van der Waals surface area contributed by atoms with E-state index in [0.29, 0.717) is 25.0 Å². The summed E-state index contributed by atoms with van der Waals surface area (Å²) in [7, 11) is 0. The van der Waals surface area contributed by atoms with E-state index in [1.165, 1.54) is 0 Å². The second-order valence-electron chi connectivity index (χ2n) is 6.42. The molecule has 2 N–H and O–H groups in total. The number of carboxylic acid groups (broad SMARTS) is 1. The van der Waals surface area contributed by atoms with Crippen LogP contribution in [0, 0.1) is 5.92 Å². The maximum atomic E-state index is 12.2. The van der Waals surface area contributed by atoms with Crippen LogP contribution < -0.4 is 5.32 Å². The second kappa shape index (κ2) is 8.11. The lowest BCUT2D eigenvalue weighted by molar-refractivity contribution is -0.142. The maximum absolute atomic E-state index is 12.2. The molecule has 1 saturated carbocycles. The van der Waals surface area contributed by atoms with E-state index in [1.807, 2.05) is 26.0 Å². The van der Waals surface area contributed by atoms with Gasteiger partial charge in [-0.15, -0.1) is 0 Å². The monoisotopic (exact) mass is 319 g/mol. The number of ether oxygens (including phenoxy) is 1. The Hall–Kier alpha value is -1.88. The highest BCUT2D eigenvalue weighted by atomic mass is 16.5. The Morgan fingerprint density at radius 1 is 1.17 bits per heavy atom. The lowest BCUT2D eigenvalue weighted by Crippen LogP contribution is -2.38. The Morgan fingerprint density at radius 3 is 2.30 bits per heavy atom. The van der Waals surface area contributed by atoms with Gasteiger partial charge in [-0.3, -0.25) is 9.59 Å². The fourth-order valence-electron chi connectivity index (χ4n) is 2.77. The number of nitrogens with one attached hydrogen (secondary N) is 1. The molecule has 1 aliphatic rings. The van der Waals surface area contributed by atoms with Crippen molar-refractivity contribution in [2.24, 2.45) is 5.92 Å². The summed E-state index contributed by atoms with van der Waals surface area (Å²) in [6.07, 6.45) is 2.89. The zero-order chi connectivity index (χ0) is 16.8. The summed E-state index contributed by atoms with van der Waals surface area (Å²) in [5, 5.41) is 12.0. The number of aliphatic carboxylic acids is 1. The van der Waals surface area contributed by atoms with Crippen LogP contribution in [0.15, 0.2) is 24.3 Å². The van der Waals surface area contributed by atoms with Crippen LogP contribution in [0.3, 0.4) is 0 Å². The third-order valence-electron chi connectivity index (χ3n) is 4.21. The molecule has 1 aromatic rings. The van der Waals surface area contributed by atoms with Crippen LogP contribution in [-0.2, 0) is 16.1 Å². The molecule has 5 heteroatoms. The van der Waals surface area contributed by atoms with Crippen molar-refractivity contribution >= 4 is 11.9 Å². The smallest absolute Gasteiger partial charge is 0.306 e. The first-order valence-corrected chi connectivity index (χ1v) is 8.20. The van der Waals surface area contributed by atoms with Crippen molar-refractivity contribution in [2.75, 3.05) is 0 Å². The van der Waals surface area contributed by atoms with Gasteiger partial charge < -0.3 is 15.2 Å². The van der Waals surface area contributed by atoms with Gasteiger partial charge in [-0.25, -0.2) is 0 Å². The number of carboxylic acids is 1. The minimum Gasteiger partial charge on any atom is -0.481 e. The van der Waals surface area contributed by atoms with Crippen molar-refractivity contribution in [3.63, 3.8) is 0 Å². The predicted molar refractivity (Wildman–Crippen MR) is 87.2 cm³/mol. The van der Waals surface area contributed by atoms with Crippen LogP contribution in [0.1, 0.15) is 55.5 Å². The SMILES string of the molecule is CC(C)OCc1ccc(C(=O)NC2CCC(C(=O)O)CC2)cc1. The molecule has 1 aliphatic carbocycles. The van der Waals surface area contributed by atoms with Gasteiger partial charge in [0, 0.05) is 11.6 Å². The van der Waals surface area contributed by atoms with Gasteiger partial charge in [0.1, 0.15) is 0 Å². The van der Waals surface area contributed by atoms with E-state index in [0.717, 1.165) is 18.4 Å². The molecule has 0 unspecified atom stereocenters. The molecule has 0 radical (unpaired) electrons. The first kappa shape index (κ1) is 17.5. The number of rotatable bonds is 6.